The van der Waals surface area contributed by atoms with Crippen molar-refractivity contribution in [1.29, 1.82) is 0 Å². The number of amides is 2. The van der Waals surface area contributed by atoms with Crippen molar-refractivity contribution < 1.29 is 9.59 Å². The van der Waals surface area contributed by atoms with E-state index in [9.17, 15) is 9.59 Å². The molecule has 0 radical (unpaired) electrons. The Balaban J connectivity index is 2.14. The van der Waals surface area contributed by atoms with Gasteiger partial charge in [-0.1, -0.05) is 0 Å². The number of carbonyl (C=O) groups excluding carboxylic acids is 2. The van der Waals surface area contributed by atoms with E-state index in [-0.39, 0.29) is 17.9 Å². The van der Waals surface area contributed by atoms with Crippen LogP contribution in [0.25, 0.3) is 0 Å². The maximum Gasteiger partial charge on any atom is 0.254 e. The normalized spacial score (nSPS) is 18.4. The molecule has 0 aromatic heterocycles. The Kier molecular flexibility index (Phi) is 4.96. The van der Waals surface area contributed by atoms with Crippen molar-refractivity contribution >= 4 is 11.8 Å². The predicted molar refractivity (Wildman–Crippen MR) is 82.2 cm³/mol. The van der Waals surface area contributed by atoms with Gasteiger partial charge in [-0.2, -0.15) is 0 Å². The maximum absolute atomic E-state index is 12.6. The Morgan fingerprint density at radius 3 is 2.38 bits per heavy atom. The van der Waals surface area contributed by atoms with E-state index in [0.29, 0.717) is 17.7 Å². The third-order valence-electron chi connectivity index (χ3n) is 3.95. The summed E-state index contributed by atoms with van der Waals surface area (Å²) < 4.78 is 0. The summed E-state index contributed by atoms with van der Waals surface area (Å²) in [5.74, 6) is -0.0548. The molecule has 5 nitrogen and oxygen atoms in total. The number of piperidine rings is 1. The molecule has 2 N–H and O–H groups in total. The lowest BCUT2D eigenvalue weighted by Crippen LogP contribution is -2.47. The van der Waals surface area contributed by atoms with Crippen LogP contribution in [0.5, 0.6) is 0 Å². The van der Waals surface area contributed by atoms with Crippen LogP contribution in [0.4, 0.5) is 0 Å². The second-order valence-electron chi connectivity index (χ2n) is 5.66. The number of nitrogens with two attached hydrogens (primary N) is 1. The molecule has 114 valence electrons. The van der Waals surface area contributed by atoms with E-state index in [0.717, 1.165) is 25.8 Å². The second-order valence-corrected chi connectivity index (χ2v) is 5.66. The number of benzene rings is 1. The van der Waals surface area contributed by atoms with Crippen LogP contribution in [0, 0.1) is 0 Å². The number of nitrogens with zero attached hydrogens (tertiary/aromatic N) is 2. The summed E-state index contributed by atoms with van der Waals surface area (Å²) in [4.78, 5) is 27.8. The first-order chi connectivity index (χ1) is 10.0. The van der Waals surface area contributed by atoms with E-state index in [1.807, 2.05) is 4.90 Å². The number of likely N-dealkylation sites (tertiary alicyclic amines) is 1. The monoisotopic (exact) mass is 289 g/mol. The molecule has 1 aromatic carbocycles. The van der Waals surface area contributed by atoms with Crippen molar-refractivity contribution in [2.75, 3.05) is 27.2 Å². The van der Waals surface area contributed by atoms with Gasteiger partial charge in [-0.05, 0) is 43.5 Å². The van der Waals surface area contributed by atoms with Crippen LogP contribution in [0.3, 0.4) is 0 Å². The molecular formula is C16H23N3O2. The summed E-state index contributed by atoms with van der Waals surface area (Å²) in [6.07, 6.45) is 3.13. The molecule has 0 spiro atoms. The van der Waals surface area contributed by atoms with Gasteiger partial charge >= 0.3 is 0 Å². The molecule has 0 aliphatic carbocycles. The molecule has 21 heavy (non-hydrogen) atoms. The molecule has 1 saturated heterocycles. The minimum Gasteiger partial charge on any atom is -0.345 e. The first-order valence-electron chi connectivity index (χ1n) is 7.37. The summed E-state index contributed by atoms with van der Waals surface area (Å²) >= 11 is 0. The van der Waals surface area contributed by atoms with Crippen LogP contribution < -0.4 is 5.73 Å². The Morgan fingerprint density at radius 1 is 1.19 bits per heavy atom. The molecule has 1 aliphatic rings. The van der Waals surface area contributed by atoms with Crippen molar-refractivity contribution in [2.45, 2.75) is 25.3 Å². The lowest BCUT2D eigenvalue weighted by atomic mass is 10.0. The van der Waals surface area contributed by atoms with Gasteiger partial charge in [-0.15, -0.1) is 0 Å². The standard InChI is InChI=1S/C16H23N3O2/c1-18(2)15(20)12-6-8-13(9-7-12)16(21)19-10-4-3-5-14(19)11-17/h6-9,14H,3-5,10-11,17H2,1-2H3. The molecule has 1 atom stereocenters. The van der Waals surface area contributed by atoms with Gasteiger partial charge in [-0.25, -0.2) is 0 Å². The molecule has 1 heterocycles. The fourth-order valence-electron chi connectivity index (χ4n) is 2.69. The topological polar surface area (TPSA) is 66.6 Å². The molecule has 1 fully saturated rings. The van der Waals surface area contributed by atoms with Crippen LogP contribution in [-0.2, 0) is 0 Å². The molecule has 2 rings (SSSR count). The van der Waals surface area contributed by atoms with Gasteiger partial charge < -0.3 is 15.5 Å². The van der Waals surface area contributed by atoms with Gasteiger partial charge in [0.2, 0.25) is 0 Å². The summed E-state index contributed by atoms with van der Waals surface area (Å²) in [7, 11) is 3.42. The zero-order valence-corrected chi connectivity index (χ0v) is 12.7. The number of rotatable bonds is 3. The smallest absolute Gasteiger partial charge is 0.254 e. The summed E-state index contributed by atoms with van der Waals surface area (Å²) in [6.45, 7) is 1.27. The first-order valence-corrected chi connectivity index (χ1v) is 7.37. The molecule has 0 saturated carbocycles. The van der Waals surface area contributed by atoms with E-state index in [2.05, 4.69) is 0 Å². The highest BCUT2D eigenvalue weighted by Gasteiger charge is 2.26. The quantitative estimate of drug-likeness (QED) is 0.913. The first kappa shape index (κ1) is 15.5. The average molecular weight is 289 g/mol. The van der Waals surface area contributed by atoms with E-state index in [1.165, 1.54) is 4.90 Å². The Morgan fingerprint density at radius 2 is 1.81 bits per heavy atom. The van der Waals surface area contributed by atoms with Crippen LogP contribution in [-0.4, -0.2) is 54.8 Å². The van der Waals surface area contributed by atoms with Gasteiger partial charge in [0, 0.05) is 44.4 Å². The van der Waals surface area contributed by atoms with Crippen LogP contribution in [0.2, 0.25) is 0 Å². The lowest BCUT2D eigenvalue weighted by Gasteiger charge is -2.35. The SMILES string of the molecule is CN(C)C(=O)c1ccc(C(=O)N2CCCCC2CN)cc1. The molecule has 2 amide bonds. The summed E-state index contributed by atoms with van der Waals surface area (Å²) in [5, 5.41) is 0. The molecular weight excluding hydrogens is 266 g/mol. The van der Waals surface area contributed by atoms with E-state index >= 15 is 0 Å². The largest absolute Gasteiger partial charge is 0.345 e. The van der Waals surface area contributed by atoms with Crippen molar-refractivity contribution in [2.24, 2.45) is 5.73 Å². The van der Waals surface area contributed by atoms with Crippen molar-refractivity contribution in [3.05, 3.63) is 35.4 Å². The number of hydrogen-bond acceptors (Lipinski definition) is 3. The van der Waals surface area contributed by atoms with E-state index < -0.39 is 0 Å². The van der Waals surface area contributed by atoms with Gasteiger partial charge in [0.05, 0.1) is 0 Å². The van der Waals surface area contributed by atoms with Gasteiger partial charge in [0.25, 0.3) is 11.8 Å². The van der Waals surface area contributed by atoms with Crippen LogP contribution in [0.15, 0.2) is 24.3 Å². The highest BCUT2D eigenvalue weighted by Crippen LogP contribution is 2.19. The second kappa shape index (κ2) is 6.72. The maximum atomic E-state index is 12.6. The minimum absolute atomic E-state index is 0.00834. The number of hydrogen-bond donors (Lipinski definition) is 1. The van der Waals surface area contributed by atoms with Gasteiger partial charge in [-0.3, -0.25) is 9.59 Å². The van der Waals surface area contributed by atoms with Crippen molar-refractivity contribution in [3.8, 4) is 0 Å². The van der Waals surface area contributed by atoms with E-state index in [1.54, 1.807) is 38.4 Å². The third-order valence-corrected chi connectivity index (χ3v) is 3.95. The molecule has 1 aromatic rings. The average Bonchev–Trinajstić information content (AvgIpc) is 2.53. The third kappa shape index (κ3) is 3.42. The molecule has 1 aliphatic heterocycles. The van der Waals surface area contributed by atoms with Crippen LogP contribution >= 0.6 is 0 Å². The highest BCUT2D eigenvalue weighted by atomic mass is 16.2. The fourth-order valence-corrected chi connectivity index (χ4v) is 2.69. The predicted octanol–water partition coefficient (Wildman–Crippen LogP) is 1.34. The lowest BCUT2D eigenvalue weighted by molar-refractivity contribution is 0.0622. The zero-order valence-electron chi connectivity index (χ0n) is 12.7. The zero-order chi connectivity index (χ0) is 15.4. The number of carbonyl (C=O) groups is 2. The molecule has 1 unspecified atom stereocenters. The fraction of sp³-hybridized carbons (Fsp3) is 0.500. The minimum atomic E-state index is -0.0631. The highest BCUT2D eigenvalue weighted by molar-refractivity contribution is 5.97. The molecule has 0 bridgehead atoms. The van der Waals surface area contributed by atoms with Crippen molar-refractivity contribution in [1.82, 2.24) is 9.80 Å². The van der Waals surface area contributed by atoms with Gasteiger partial charge in [0.15, 0.2) is 0 Å². The Labute approximate surface area is 125 Å². The Hall–Kier alpha value is -1.88. The Bertz CT molecular complexity index is 511. The summed E-state index contributed by atoms with van der Waals surface area (Å²) in [5.41, 5.74) is 6.97. The summed E-state index contributed by atoms with van der Waals surface area (Å²) in [6, 6.07) is 6.99. The molecule has 5 heteroatoms. The van der Waals surface area contributed by atoms with Gasteiger partial charge in [0.1, 0.15) is 0 Å². The van der Waals surface area contributed by atoms with Crippen LogP contribution in [0.1, 0.15) is 40.0 Å². The van der Waals surface area contributed by atoms with E-state index in [4.69, 9.17) is 5.73 Å². The van der Waals surface area contributed by atoms with Crippen molar-refractivity contribution in [3.63, 3.8) is 0 Å².